The number of aliphatic hydroxyl groups is 7. The Labute approximate surface area is 246 Å². The standard InChI is InChI=1S/C27H30O17/c28-6-14-17(33)20(36)22(38)26(42-14)40-7-15-18(34)21(37)23(39)27(43-15)44-25-19(35)16-12(32)4-9(29)5-13(16)41-24(25)8-1-2-10(30)11(31)3-8/h1-5,14-15,17-18,20-23,26-34,36-39H,6-7H2/t14?,15?,17-,18+,20+,21?,22?,23?,26-,27+/m1/s1. The van der Waals surface area contributed by atoms with E-state index in [9.17, 15) is 61.0 Å². The molecule has 5 rings (SSSR count). The summed E-state index contributed by atoms with van der Waals surface area (Å²) in [7, 11) is 0. The second-order valence-corrected chi connectivity index (χ2v) is 10.3. The van der Waals surface area contributed by atoms with Crippen molar-refractivity contribution in [3.8, 4) is 40.1 Å². The van der Waals surface area contributed by atoms with Crippen LogP contribution in [0.3, 0.4) is 0 Å². The molecule has 0 bridgehead atoms. The highest BCUT2D eigenvalue weighted by Crippen LogP contribution is 2.39. The number of ether oxygens (including phenoxy) is 4. The fraction of sp³-hybridized carbons (Fsp3) is 0.444. The summed E-state index contributed by atoms with van der Waals surface area (Å²) in [5.41, 5.74) is -1.41. The molecule has 0 amide bonds. The Kier molecular flexibility index (Phi) is 8.87. The predicted molar refractivity (Wildman–Crippen MR) is 142 cm³/mol. The van der Waals surface area contributed by atoms with Gasteiger partial charge in [0.1, 0.15) is 71.3 Å². The average Bonchev–Trinajstić information content (AvgIpc) is 2.98. The topological polar surface area (TPSA) is 290 Å². The van der Waals surface area contributed by atoms with Gasteiger partial charge in [0.2, 0.25) is 17.5 Å². The van der Waals surface area contributed by atoms with Gasteiger partial charge in [0.15, 0.2) is 23.5 Å². The van der Waals surface area contributed by atoms with Crippen LogP contribution in [0.1, 0.15) is 0 Å². The summed E-state index contributed by atoms with van der Waals surface area (Å²) < 4.78 is 27.6. The van der Waals surface area contributed by atoms with Crippen molar-refractivity contribution < 1.29 is 79.5 Å². The fourth-order valence-electron chi connectivity index (χ4n) is 4.89. The monoisotopic (exact) mass is 626 g/mol. The van der Waals surface area contributed by atoms with Crippen molar-refractivity contribution in [1.29, 1.82) is 0 Å². The molecule has 10 atom stereocenters. The molecule has 3 aromatic rings. The number of rotatable bonds is 7. The molecular weight excluding hydrogens is 596 g/mol. The van der Waals surface area contributed by atoms with Gasteiger partial charge in [0.25, 0.3) is 0 Å². The molecule has 0 aliphatic carbocycles. The van der Waals surface area contributed by atoms with E-state index in [4.69, 9.17) is 23.4 Å². The zero-order valence-corrected chi connectivity index (χ0v) is 22.4. The summed E-state index contributed by atoms with van der Waals surface area (Å²) in [5.74, 6) is -3.44. The van der Waals surface area contributed by atoms with E-state index in [0.717, 1.165) is 24.3 Å². The van der Waals surface area contributed by atoms with E-state index >= 15 is 0 Å². The molecule has 240 valence electrons. The summed E-state index contributed by atoms with van der Waals surface area (Å²) in [6.45, 7) is -1.42. The summed E-state index contributed by atoms with van der Waals surface area (Å²) in [6, 6.07) is 5.17. The highest BCUT2D eigenvalue weighted by molar-refractivity contribution is 5.88. The lowest BCUT2D eigenvalue weighted by atomic mass is 9.98. The quantitative estimate of drug-likeness (QED) is 0.119. The molecule has 17 heteroatoms. The molecule has 0 saturated carbocycles. The van der Waals surface area contributed by atoms with E-state index in [2.05, 4.69) is 0 Å². The second-order valence-electron chi connectivity index (χ2n) is 10.3. The van der Waals surface area contributed by atoms with E-state index in [0.29, 0.717) is 0 Å². The van der Waals surface area contributed by atoms with E-state index in [1.54, 1.807) is 0 Å². The minimum Gasteiger partial charge on any atom is -0.508 e. The highest BCUT2D eigenvalue weighted by Gasteiger charge is 2.48. The first-order valence-electron chi connectivity index (χ1n) is 13.2. The van der Waals surface area contributed by atoms with Gasteiger partial charge in [-0.15, -0.1) is 0 Å². The lowest BCUT2D eigenvalue weighted by molar-refractivity contribution is -0.323. The number of aromatic hydroxyl groups is 4. The number of fused-ring (bicyclic) bond motifs is 1. The molecule has 11 N–H and O–H groups in total. The lowest BCUT2D eigenvalue weighted by Crippen LogP contribution is -2.62. The molecule has 17 nitrogen and oxygen atoms in total. The second kappa shape index (κ2) is 12.3. The normalized spacial score (nSPS) is 32.5. The van der Waals surface area contributed by atoms with E-state index in [1.165, 1.54) is 6.07 Å². The van der Waals surface area contributed by atoms with Crippen LogP contribution in [-0.4, -0.2) is 131 Å². The van der Waals surface area contributed by atoms with Crippen molar-refractivity contribution in [3.63, 3.8) is 0 Å². The summed E-state index contributed by atoms with van der Waals surface area (Å²) in [6.07, 6.45) is -17.4. The van der Waals surface area contributed by atoms with E-state index in [-0.39, 0.29) is 11.1 Å². The molecular formula is C27H30O17. The first-order valence-corrected chi connectivity index (χ1v) is 13.2. The van der Waals surface area contributed by atoms with Crippen molar-refractivity contribution >= 4 is 11.0 Å². The first-order chi connectivity index (χ1) is 20.8. The van der Waals surface area contributed by atoms with E-state index in [1.807, 2.05) is 0 Å². The maximum absolute atomic E-state index is 13.6. The SMILES string of the molecule is O=c1c(O[C@@H]2OC(CO[C@@H]3OC(CO)[C@@H](O)[C@H](O)C3O)[C@H](O)C(O)C2O)c(-c2ccc(O)c(O)c2)oc2cc(O)cc(O)c12. The Hall–Kier alpha value is -3.75. The molecule has 2 aliphatic heterocycles. The minimum absolute atomic E-state index is 0.0504. The number of phenols is 4. The molecule has 44 heavy (non-hydrogen) atoms. The van der Waals surface area contributed by atoms with Crippen LogP contribution in [0.4, 0.5) is 0 Å². The van der Waals surface area contributed by atoms with Crippen LogP contribution in [-0.2, 0) is 14.2 Å². The maximum atomic E-state index is 13.6. The van der Waals surface area contributed by atoms with Crippen LogP contribution in [0.2, 0.25) is 0 Å². The lowest BCUT2D eigenvalue weighted by Gasteiger charge is -2.42. The summed E-state index contributed by atoms with van der Waals surface area (Å²) >= 11 is 0. The third-order valence-corrected chi connectivity index (χ3v) is 7.33. The number of phenolic OH excluding ortho intramolecular Hbond substituents is 4. The molecule has 0 radical (unpaired) electrons. The molecule has 5 unspecified atom stereocenters. The third kappa shape index (κ3) is 5.73. The molecule has 2 fully saturated rings. The van der Waals surface area contributed by atoms with Crippen molar-refractivity contribution in [2.75, 3.05) is 13.2 Å². The van der Waals surface area contributed by atoms with Crippen LogP contribution in [0.5, 0.6) is 28.7 Å². The number of benzene rings is 2. The molecule has 1 aromatic heterocycles. The third-order valence-electron chi connectivity index (χ3n) is 7.33. The van der Waals surface area contributed by atoms with Gasteiger partial charge in [-0.2, -0.15) is 0 Å². The predicted octanol–water partition coefficient (Wildman–Crippen LogP) is -2.71. The Morgan fingerprint density at radius 2 is 1.34 bits per heavy atom. The van der Waals surface area contributed by atoms with Crippen LogP contribution >= 0.6 is 0 Å². The summed E-state index contributed by atoms with van der Waals surface area (Å²) in [5, 5.41) is 111. The fourth-order valence-corrected chi connectivity index (χ4v) is 4.89. The van der Waals surface area contributed by atoms with Crippen LogP contribution in [0, 0.1) is 0 Å². The van der Waals surface area contributed by atoms with Crippen molar-refractivity contribution in [3.05, 3.63) is 40.6 Å². The zero-order chi connectivity index (χ0) is 32.0. The van der Waals surface area contributed by atoms with Gasteiger partial charge in [-0.1, -0.05) is 0 Å². The van der Waals surface area contributed by atoms with Gasteiger partial charge in [0, 0.05) is 17.7 Å². The van der Waals surface area contributed by atoms with Gasteiger partial charge in [-0.25, -0.2) is 0 Å². The number of hydrogen-bond acceptors (Lipinski definition) is 17. The summed E-state index contributed by atoms with van der Waals surface area (Å²) in [4.78, 5) is 13.6. The Morgan fingerprint density at radius 3 is 2.00 bits per heavy atom. The van der Waals surface area contributed by atoms with Gasteiger partial charge in [-0.3, -0.25) is 4.79 Å². The molecule has 0 spiro atoms. The Bertz CT molecular complexity index is 1560. The molecule has 3 heterocycles. The molecule has 2 aliphatic rings. The van der Waals surface area contributed by atoms with Crippen molar-refractivity contribution in [2.24, 2.45) is 0 Å². The average molecular weight is 627 g/mol. The zero-order valence-electron chi connectivity index (χ0n) is 22.4. The first kappa shape index (κ1) is 31.7. The van der Waals surface area contributed by atoms with Gasteiger partial charge in [-0.05, 0) is 18.2 Å². The van der Waals surface area contributed by atoms with Crippen LogP contribution in [0.15, 0.2) is 39.5 Å². The number of hydrogen-bond donors (Lipinski definition) is 11. The van der Waals surface area contributed by atoms with Crippen molar-refractivity contribution in [1.82, 2.24) is 0 Å². The van der Waals surface area contributed by atoms with Crippen LogP contribution < -0.4 is 10.2 Å². The highest BCUT2D eigenvalue weighted by atomic mass is 16.7. The number of aliphatic hydroxyl groups excluding tert-OH is 7. The Balaban J connectivity index is 1.47. The maximum Gasteiger partial charge on any atom is 0.239 e. The largest absolute Gasteiger partial charge is 0.508 e. The Morgan fingerprint density at radius 1 is 0.705 bits per heavy atom. The van der Waals surface area contributed by atoms with Gasteiger partial charge in [0.05, 0.1) is 13.2 Å². The minimum atomic E-state index is -2.00. The van der Waals surface area contributed by atoms with Gasteiger partial charge < -0.3 is 79.5 Å². The molecule has 2 aromatic carbocycles. The van der Waals surface area contributed by atoms with Crippen LogP contribution in [0.25, 0.3) is 22.3 Å². The smallest absolute Gasteiger partial charge is 0.239 e. The van der Waals surface area contributed by atoms with Crippen molar-refractivity contribution in [2.45, 2.75) is 61.4 Å². The van der Waals surface area contributed by atoms with Gasteiger partial charge >= 0.3 is 0 Å². The van der Waals surface area contributed by atoms with E-state index < -0.39 is 120 Å². The molecule has 2 saturated heterocycles.